The second-order valence-corrected chi connectivity index (χ2v) is 3.86. The molecule has 15 heavy (non-hydrogen) atoms. The van der Waals surface area contributed by atoms with Crippen LogP contribution in [0.2, 0.25) is 0 Å². The number of hydrogen-bond acceptors (Lipinski definition) is 3. The van der Waals surface area contributed by atoms with E-state index in [0.29, 0.717) is 17.5 Å². The highest BCUT2D eigenvalue weighted by molar-refractivity contribution is 6.02. The van der Waals surface area contributed by atoms with Crippen LogP contribution < -0.4 is 0 Å². The van der Waals surface area contributed by atoms with Crippen molar-refractivity contribution in [3.63, 3.8) is 0 Å². The fourth-order valence-corrected chi connectivity index (χ4v) is 1.96. The lowest BCUT2D eigenvalue weighted by Crippen LogP contribution is -2.11. The van der Waals surface area contributed by atoms with Gasteiger partial charge in [-0.15, -0.1) is 0 Å². The molecule has 3 nitrogen and oxygen atoms in total. The van der Waals surface area contributed by atoms with Gasteiger partial charge >= 0.3 is 0 Å². The van der Waals surface area contributed by atoms with Gasteiger partial charge in [-0.2, -0.15) is 0 Å². The largest absolute Gasteiger partial charge is 0.507 e. The summed E-state index contributed by atoms with van der Waals surface area (Å²) in [6.07, 6.45) is 2.17. The second-order valence-electron chi connectivity index (χ2n) is 3.86. The third kappa shape index (κ3) is 1.65. The van der Waals surface area contributed by atoms with Crippen LogP contribution in [0, 0.1) is 0 Å². The number of hydrogen-bond donors (Lipinski definition) is 1. The van der Waals surface area contributed by atoms with E-state index in [1.807, 2.05) is 0 Å². The molecule has 0 fully saturated rings. The summed E-state index contributed by atoms with van der Waals surface area (Å²) in [4.78, 5) is 22.7. The van der Waals surface area contributed by atoms with Crippen LogP contribution >= 0.6 is 0 Å². The van der Waals surface area contributed by atoms with E-state index >= 15 is 0 Å². The Morgan fingerprint density at radius 1 is 1.33 bits per heavy atom. The molecule has 0 atom stereocenters. The maximum Gasteiger partial charge on any atom is 0.163 e. The minimum absolute atomic E-state index is 0.0571. The van der Waals surface area contributed by atoms with Crippen molar-refractivity contribution >= 4 is 11.6 Å². The summed E-state index contributed by atoms with van der Waals surface area (Å²) < 4.78 is 0. The number of carbonyl (C=O) groups excluding carboxylic acids is 2. The van der Waals surface area contributed by atoms with E-state index in [9.17, 15) is 14.7 Å². The highest BCUT2D eigenvalue weighted by atomic mass is 16.3. The fourth-order valence-electron chi connectivity index (χ4n) is 1.96. The first-order valence-corrected chi connectivity index (χ1v) is 4.99. The summed E-state index contributed by atoms with van der Waals surface area (Å²) in [7, 11) is 0. The van der Waals surface area contributed by atoms with Gasteiger partial charge in [0.2, 0.25) is 0 Å². The van der Waals surface area contributed by atoms with Crippen LogP contribution in [0.5, 0.6) is 5.75 Å². The van der Waals surface area contributed by atoms with Crippen molar-refractivity contribution in [1.29, 1.82) is 0 Å². The number of fused-ring (bicyclic) bond motifs is 1. The molecule has 1 aromatic carbocycles. The summed E-state index contributed by atoms with van der Waals surface area (Å²) in [6.45, 7) is 1.41. The summed E-state index contributed by atoms with van der Waals surface area (Å²) >= 11 is 0. The van der Waals surface area contributed by atoms with Gasteiger partial charge in [0.05, 0.1) is 5.56 Å². The van der Waals surface area contributed by atoms with E-state index in [2.05, 4.69) is 0 Å². The number of rotatable bonds is 1. The molecule has 0 aromatic heterocycles. The van der Waals surface area contributed by atoms with E-state index in [-0.39, 0.29) is 17.3 Å². The van der Waals surface area contributed by atoms with Gasteiger partial charge < -0.3 is 5.11 Å². The number of phenolic OH excluding ortho intramolecular Hbond substituents is 1. The number of phenols is 1. The smallest absolute Gasteiger partial charge is 0.163 e. The number of aromatic hydroxyl groups is 1. The minimum atomic E-state index is -0.173. The predicted octanol–water partition coefficient (Wildman–Crippen LogP) is 2.11. The molecule has 1 aromatic rings. The van der Waals surface area contributed by atoms with Gasteiger partial charge in [-0.25, -0.2) is 0 Å². The lowest BCUT2D eigenvalue weighted by Gasteiger charge is -2.15. The van der Waals surface area contributed by atoms with Gasteiger partial charge in [0, 0.05) is 12.0 Å². The van der Waals surface area contributed by atoms with Crippen molar-refractivity contribution < 1.29 is 14.7 Å². The van der Waals surface area contributed by atoms with Crippen LogP contribution in [0.15, 0.2) is 12.1 Å². The van der Waals surface area contributed by atoms with Crippen LogP contribution in [0.1, 0.15) is 46.0 Å². The molecule has 0 heterocycles. The fraction of sp³-hybridized carbons (Fsp3) is 0.333. The molecule has 0 bridgehead atoms. The van der Waals surface area contributed by atoms with Crippen molar-refractivity contribution in [3.8, 4) is 5.75 Å². The number of benzene rings is 1. The Morgan fingerprint density at radius 3 is 2.73 bits per heavy atom. The van der Waals surface area contributed by atoms with Gasteiger partial charge in [0.1, 0.15) is 5.75 Å². The van der Waals surface area contributed by atoms with Crippen molar-refractivity contribution in [3.05, 3.63) is 28.8 Å². The first-order chi connectivity index (χ1) is 7.09. The molecule has 0 saturated heterocycles. The zero-order valence-corrected chi connectivity index (χ0v) is 8.54. The molecule has 0 spiro atoms. The summed E-state index contributed by atoms with van der Waals surface area (Å²) in [5, 5.41) is 9.58. The van der Waals surface area contributed by atoms with E-state index in [4.69, 9.17) is 0 Å². The van der Waals surface area contributed by atoms with Crippen LogP contribution in [0.4, 0.5) is 0 Å². The van der Waals surface area contributed by atoms with Gasteiger partial charge in [-0.1, -0.05) is 0 Å². The van der Waals surface area contributed by atoms with Gasteiger partial charge in [0.15, 0.2) is 11.6 Å². The molecule has 3 heteroatoms. The predicted molar refractivity (Wildman–Crippen MR) is 55.4 cm³/mol. The number of Topliss-reactive ketones (excluding diaryl/α,β-unsaturated/α-hetero) is 2. The van der Waals surface area contributed by atoms with Crippen molar-refractivity contribution in [2.45, 2.75) is 26.2 Å². The topological polar surface area (TPSA) is 54.4 Å². The van der Waals surface area contributed by atoms with Crippen molar-refractivity contribution in [2.24, 2.45) is 0 Å². The molecule has 0 aliphatic heterocycles. The Kier molecular flexibility index (Phi) is 2.31. The molecular weight excluding hydrogens is 192 g/mol. The quantitative estimate of drug-likeness (QED) is 0.713. The summed E-state index contributed by atoms with van der Waals surface area (Å²) in [6, 6.07) is 3.07. The summed E-state index contributed by atoms with van der Waals surface area (Å²) in [5.41, 5.74) is 1.77. The first-order valence-electron chi connectivity index (χ1n) is 4.99. The minimum Gasteiger partial charge on any atom is -0.507 e. The highest BCUT2D eigenvalue weighted by Gasteiger charge is 2.20. The van der Waals surface area contributed by atoms with E-state index in [0.717, 1.165) is 18.4 Å². The highest BCUT2D eigenvalue weighted by Crippen LogP contribution is 2.28. The average Bonchev–Trinajstić information content (AvgIpc) is 2.18. The Balaban J connectivity index is 2.59. The molecule has 0 saturated carbocycles. The van der Waals surface area contributed by atoms with E-state index in [1.165, 1.54) is 13.0 Å². The van der Waals surface area contributed by atoms with Gasteiger partial charge in [-0.05, 0) is 37.5 Å². The van der Waals surface area contributed by atoms with Gasteiger partial charge in [0.25, 0.3) is 0 Å². The van der Waals surface area contributed by atoms with Crippen molar-refractivity contribution in [1.82, 2.24) is 0 Å². The monoisotopic (exact) mass is 204 g/mol. The Hall–Kier alpha value is -1.64. The first kappa shape index (κ1) is 9.90. The molecule has 1 aliphatic rings. The lowest BCUT2D eigenvalue weighted by atomic mass is 9.88. The van der Waals surface area contributed by atoms with Crippen LogP contribution in [-0.4, -0.2) is 16.7 Å². The zero-order chi connectivity index (χ0) is 11.0. The molecular formula is C12H12O3. The molecule has 0 amide bonds. The van der Waals surface area contributed by atoms with Crippen LogP contribution in [-0.2, 0) is 6.42 Å². The maximum atomic E-state index is 11.5. The normalized spacial score (nSPS) is 14.9. The molecule has 78 valence electrons. The van der Waals surface area contributed by atoms with E-state index < -0.39 is 0 Å². The third-order valence-corrected chi connectivity index (χ3v) is 2.75. The molecule has 1 aliphatic carbocycles. The Labute approximate surface area is 87.7 Å². The molecule has 1 N–H and O–H groups in total. The zero-order valence-electron chi connectivity index (χ0n) is 8.54. The van der Waals surface area contributed by atoms with E-state index in [1.54, 1.807) is 6.07 Å². The number of aryl methyl sites for hydroxylation is 1. The van der Waals surface area contributed by atoms with Crippen molar-refractivity contribution in [2.75, 3.05) is 0 Å². The molecule has 2 rings (SSSR count). The Morgan fingerprint density at radius 2 is 2.07 bits per heavy atom. The summed E-state index contributed by atoms with van der Waals surface area (Å²) in [5.74, 6) is -0.202. The number of ketones is 2. The molecule has 0 unspecified atom stereocenters. The standard InChI is InChI=1S/C12H12O3/c1-7(13)9-5-8-3-2-4-11(14)10(8)6-12(9)15/h5-6,15H,2-4H2,1H3. The SMILES string of the molecule is CC(=O)c1cc2c(cc1O)C(=O)CCC2. The maximum absolute atomic E-state index is 11.5. The van der Waals surface area contributed by atoms with Crippen LogP contribution in [0.25, 0.3) is 0 Å². The Bertz CT molecular complexity index is 446. The number of carbonyl (C=O) groups is 2. The van der Waals surface area contributed by atoms with Crippen LogP contribution in [0.3, 0.4) is 0 Å². The van der Waals surface area contributed by atoms with Gasteiger partial charge in [-0.3, -0.25) is 9.59 Å². The second kappa shape index (κ2) is 3.50. The lowest BCUT2D eigenvalue weighted by molar-refractivity contribution is 0.0967. The third-order valence-electron chi connectivity index (χ3n) is 2.75. The average molecular weight is 204 g/mol. The molecule has 0 radical (unpaired) electrons.